The quantitative estimate of drug-likeness (QED) is 0.474. The standard InChI is InChI=1S/C21H19FN6O2S/c1-13-3-8-17(27-26-13)11-23-21-18-9-15(14-4-6-16(22)7-5-14)10-19(28-31(2,29)30)20(18)24-12-25-21/h3-10,12,28H,11H2,1-2H3,(H,23,24,25). The molecule has 0 saturated carbocycles. The van der Waals surface area contributed by atoms with Crippen LogP contribution in [0.1, 0.15) is 11.4 Å². The van der Waals surface area contributed by atoms with Crippen LogP contribution < -0.4 is 10.0 Å². The first kappa shape index (κ1) is 20.6. The molecule has 0 atom stereocenters. The number of aryl methyl sites for hydroxylation is 1. The zero-order valence-electron chi connectivity index (χ0n) is 16.8. The van der Waals surface area contributed by atoms with E-state index in [2.05, 4.69) is 30.2 Å². The largest absolute Gasteiger partial charge is 0.364 e. The van der Waals surface area contributed by atoms with Crippen molar-refractivity contribution in [1.29, 1.82) is 0 Å². The maximum Gasteiger partial charge on any atom is 0.229 e. The number of nitrogens with zero attached hydrogens (tertiary/aromatic N) is 4. The topological polar surface area (TPSA) is 110 Å². The second-order valence-corrected chi connectivity index (χ2v) is 8.79. The molecular weight excluding hydrogens is 419 g/mol. The summed E-state index contributed by atoms with van der Waals surface area (Å²) in [6.45, 7) is 2.23. The van der Waals surface area contributed by atoms with E-state index in [0.29, 0.717) is 34.5 Å². The van der Waals surface area contributed by atoms with Crippen LogP contribution in [0.2, 0.25) is 0 Å². The second kappa shape index (κ2) is 8.23. The Balaban J connectivity index is 1.81. The monoisotopic (exact) mass is 438 g/mol. The minimum Gasteiger partial charge on any atom is -0.364 e. The molecule has 0 spiro atoms. The van der Waals surface area contributed by atoms with Gasteiger partial charge in [-0.25, -0.2) is 22.8 Å². The Morgan fingerprint density at radius 2 is 1.74 bits per heavy atom. The highest BCUT2D eigenvalue weighted by Gasteiger charge is 2.14. The van der Waals surface area contributed by atoms with Crippen LogP contribution >= 0.6 is 0 Å². The molecule has 2 aromatic carbocycles. The molecule has 2 N–H and O–H groups in total. The maximum atomic E-state index is 13.4. The fourth-order valence-corrected chi connectivity index (χ4v) is 3.65. The van der Waals surface area contributed by atoms with Gasteiger partial charge in [0.15, 0.2) is 0 Å². The first-order valence-corrected chi connectivity index (χ1v) is 11.2. The third-order valence-electron chi connectivity index (χ3n) is 4.50. The predicted octanol–water partition coefficient (Wildman–Crippen LogP) is 3.52. The Kier molecular flexibility index (Phi) is 5.47. The maximum absolute atomic E-state index is 13.4. The van der Waals surface area contributed by atoms with E-state index in [4.69, 9.17) is 0 Å². The highest BCUT2D eigenvalue weighted by atomic mass is 32.2. The fraction of sp³-hybridized carbons (Fsp3) is 0.143. The molecule has 8 nitrogen and oxygen atoms in total. The second-order valence-electron chi connectivity index (χ2n) is 7.04. The summed E-state index contributed by atoms with van der Waals surface area (Å²) in [5.41, 5.74) is 3.69. The summed E-state index contributed by atoms with van der Waals surface area (Å²) in [6.07, 6.45) is 2.43. The van der Waals surface area contributed by atoms with Crippen molar-refractivity contribution in [1.82, 2.24) is 20.2 Å². The zero-order valence-corrected chi connectivity index (χ0v) is 17.6. The van der Waals surface area contributed by atoms with Gasteiger partial charge in [0, 0.05) is 5.39 Å². The Morgan fingerprint density at radius 3 is 2.42 bits per heavy atom. The Hall–Kier alpha value is -3.66. The van der Waals surface area contributed by atoms with Crippen molar-refractivity contribution >= 4 is 32.4 Å². The number of halogens is 1. The first-order chi connectivity index (χ1) is 14.8. The lowest BCUT2D eigenvalue weighted by Crippen LogP contribution is -2.11. The molecule has 0 amide bonds. The molecular formula is C21H19FN6O2S. The van der Waals surface area contributed by atoms with Crippen molar-refractivity contribution in [2.24, 2.45) is 0 Å². The molecule has 4 aromatic rings. The van der Waals surface area contributed by atoms with Gasteiger partial charge in [-0.2, -0.15) is 10.2 Å². The molecule has 10 heteroatoms. The molecule has 0 aliphatic carbocycles. The molecule has 31 heavy (non-hydrogen) atoms. The van der Waals surface area contributed by atoms with E-state index in [-0.39, 0.29) is 5.82 Å². The predicted molar refractivity (Wildman–Crippen MR) is 117 cm³/mol. The number of hydrogen-bond acceptors (Lipinski definition) is 7. The van der Waals surface area contributed by atoms with Crippen LogP contribution in [0.4, 0.5) is 15.9 Å². The SMILES string of the molecule is Cc1ccc(CNc2ncnc3c(NS(C)(=O)=O)cc(-c4ccc(F)cc4)cc23)nn1. The number of sulfonamides is 1. The number of benzene rings is 2. The summed E-state index contributed by atoms with van der Waals surface area (Å²) in [6, 6.07) is 13.2. The number of anilines is 2. The third-order valence-corrected chi connectivity index (χ3v) is 5.09. The molecule has 158 valence electrons. The molecule has 0 saturated heterocycles. The van der Waals surface area contributed by atoms with E-state index >= 15 is 0 Å². The van der Waals surface area contributed by atoms with Crippen LogP contribution in [0, 0.1) is 12.7 Å². The van der Waals surface area contributed by atoms with Gasteiger partial charge in [0.1, 0.15) is 18.0 Å². The molecule has 0 aliphatic heterocycles. The number of aromatic nitrogens is 4. The zero-order chi connectivity index (χ0) is 22.0. The van der Waals surface area contributed by atoms with Gasteiger partial charge in [-0.1, -0.05) is 12.1 Å². The summed E-state index contributed by atoms with van der Waals surface area (Å²) in [7, 11) is -3.56. The smallest absolute Gasteiger partial charge is 0.229 e. The van der Waals surface area contributed by atoms with E-state index < -0.39 is 10.0 Å². The highest BCUT2D eigenvalue weighted by Crippen LogP contribution is 2.33. The van der Waals surface area contributed by atoms with Gasteiger partial charge in [-0.3, -0.25) is 4.72 Å². The van der Waals surface area contributed by atoms with E-state index in [1.165, 1.54) is 18.5 Å². The average Bonchev–Trinajstić information content (AvgIpc) is 2.73. The molecule has 0 fully saturated rings. The van der Waals surface area contributed by atoms with Gasteiger partial charge < -0.3 is 5.32 Å². The lowest BCUT2D eigenvalue weighted by Gasteiger charge is -2.14. The van der Waals surface area contributed by atoms with Gasteiger partial charge in [0.2, 0.25) is 10.0 Å². The van der Waals surface area contributed by atoms with Crippen LogP contribution in [0.15, 0.2) is 54.9 Å². The van der Waals surface area contributed by atoms with Gasteiger partial charge >= 0.3 is 0 Å². The van der Waals surface area contributed by atoms with E-state index in [1.807, 2.05) is 25.1 Å². The van der Waals surface area contributed by atoms with Crippen LogP contribution in [-0.4, -0.2) is 34.8 Å². The highest BCUT2D eigenvalue weighted by molar-refractivity contribution is 7.92. The van der Waals surface area contributed by atoms with Crippen LogP contribution in [0.25, 0.3) is 22.0 Å². The van der Waals surface area contributed by atoms with Crippen molar-refractivity contribution in [2.45, 2.75) is 13.5 Å². The molecule has 0 bridgehead atoms. The molecule has 0 unspecified atom stereocenters. The average molecular weight is 438 g/mol. The summed E-state index contributed by atoms with van der Waals surface area (Å²) < 4.78 is 39.7. The van der Waals surface area contributed by atoms with Crippen molar-refractivity contribution in [3.63, 3.8) is 0 Å². The number of hydrogen-bond donors (Lipinski definition) is 2. The van der Waals surface area contributed by atoms with Crippen molar-refractivity contribution in [3.05, 3.63) is 72.1 Å². The van der Waals surface area contributed by atoms with Gasteiger partial charge in [0.05, 0.1) is 35.4 Å². The summed E-state index contributed by atoms with van der Waals surface area (Å²) in [5, 5.41) is 12.0. The number of fused-ring (bicyclic) bond motifs is 1. The van der Waals surface area contributed by atoms with Crippen LogP contribution in [0.3, 0.4) is 0 Å². The van der Waals surface area contributed by atoms with Crippen molar-refractivity contribution in [3.8, 4) is 11.1 Å². The van der Waals surface area contributed by atoms with Crippen molar-refractivity contribution < 1.29 is 12.8 Å². The Labute approximate surface area is 178 Å². The van der Waals surface area contributed by atoms with Gasteiger partial charge in [-0.05, 0) is 54.4 Å². The normalized spacial score (nSPS) is 11.5. The van der Waals surface area contributed by atoms with Crippen LogP contribution in [-0.2, 0) is 16.6 Å². The lowest BCUT2D eigenvalue weighted by atomic mass is 10.0. The summed E-state index contributed by atoms with van der Waals surface area (Å²) in [5.74, 6) is 0.150. The molecule has 0 radical (unpaired) electrons. The molecule has 2 heterocycles. The third kappa shape index (κ3) is 4.92. The number of nitrogens with one attached hydrogen (secondary N) is 2. The first-order valence-electron chi connectivity index (χ1n) is 9.34. The minimum atomic E-state index is -3.56. The van der Waals surface area contributed by atoms with Gasteiger partial charge in [-0.15, -0.1) is 0 Å². The molecule has 2 aromatic heterocycles. The molecule has 4 rings (SSSR count). The summed E-state index contributed by atoms with van der Waals surface area (Å²) in [4.78, 5) is 8.59. The van der Waals surface area contributed by atoms with Gasteiger partial charge in [0.25, 0.3) is 0 Å². The minimum absolute atomic E-state index is 0.305. The number of rotatable bonds is 6. The van der Waals surface area contributed by atoms with Crippen LogP contribution in [0.5, 0.6) is 0 Å². The van der Waals surface area contributed by atoms with E-state index in [1.54, 1.807) is 18.2 Å². The Morgan fingerprint density at radius 1 is 0.968 bits per heavy atom. The molecule has 0 aliphatic rings. The van der Waals surface area contributed by atoms with E-state index in [9.17, 15) is 12.8 Å². The Bertz CT molecular complexity index is 1340. The van der Waals surface area contributed by atoms with E-state index in [0.717, 1.165) is 23.2 Å². The summed E-state index contributed by atoms with van der Waals surface area (Å²) >= 11 is 0. The lowest BCUT2D eigenvalue weighted by molar-refractivity contribution is 0.607. The van der Waals surface area contributed by atoms with Crippen molar-refractivity contribution in [2.75, 3.05) is 16.3 Å². The fourth-order valence-electron chi connectivity index (χ4n) is 3.09.